The van der Waals surface area contributed by atoms with E-state index >= 15 is 0 Å². The Balaban J connectivity index is 2.21. The van der Waals surface area contributed by atoms with E-state index in [0.717, 1.165) is 37.2 Å². The first-order valence-corrected chi connectivity index (χ1v) is 5.87. The van der Waals surface area contributed by atoms with Gasteiger partial charge in [0.05, 0.1) is 6.61 Å². The summed E-state index contributed by atoms with van der Waals surface area (Å²) in [5.41, 5.74) is 1.12. The first kappa shape index (κ1) is 12.6. The van der Waals surface area contributed by atoms with Crippen LogP contribution in [0.4, 0.5) is 0 Å². The van der Waals surface area contributed by atoms with Crippen LogP contribution < -0.4 is 4.74 Å². The lowest BCUT2D eigenvalue weighted by Gasteiger charge is -2.05. The maximum absolute atomic E-state index is 5.62. The maximum atomic E-state index is 5.62. The van der Waals surface area contributed by atoms with Crippen molar-refractivity contribution >= 4 is 6.08 Å². The third-order valence-corrected chi connectivity index (χ3v) is 2.30. The van der Waals surface area contributed by atoms with Gasteiger partial charge in [-0.3, -0.25) is 0 Å². The zero-order chi connectivity index (χ0) is 11.6. The minimum absolute atomic E-state index is 0.779. The largest absolute Gasteiger partial charge is 0.494 e. The van der Waals surface area contributed by atoms with Crippen molar-refractivity contribution in [3.63, 3.8) is 0 Å². The molecule has 0 saturated heterocycles. The molecular formula is C15H20O. The van der Waals surface area contributed by atoms with E-state index in [1.165, 1.54) is 0 Å². The molecule has 1 aromatic rings. The smallest absolute Gasteiger partial charge is 0.119 e. The fraction of sp³-hybridized carbons (Fsp3) is 0.333. The average molecular weight is 216 g/mol. The van der Waals surface area contributed by atoms with E-state index in [9.17, 15) is 0 Å². The molecule has 0 radical (unpaired) electrons. The van der Waals surface area contributed by atoms with Gasteiger partial charge in [-0.05, 0) is 37.0 Å². The van der Waals surface area contributed by atoms with Gasteiger partial charge in [0.1, 0.15) is 5.75 Å². The predicted octanol–water partition coefficient (Wildman–Crippen LogP) is 4.45. The molecule has 0 heterocycles. The van der Waals surface area contributed by atoms with E-state index in [1.54, 1.807) is 0 Å². The van der Waals surface area contributed by atoms with Crippen molar-refractivity contribution in [3.8, 4) is 5.75 Å². The molecular weight excluding hydrogens is 196 g/mol. The van der Waals surface area contributed by atoms with Gasteiger partial charge in [0, 0.05) is 0 Å². The SMILES string of the molecule is C=Cc1ccc(OCCCC=CCC)cc1. The number of allylic oxidation sites excluding steroid dienone is 2. The van der Waals surface area contributed by atoms with Crippen LogP contribution in [0.2, 0.25) is 0 Å². The Labute approximate surface area is 98.5 Å². The molecule has 0 amide bonds. The second-order valence-corrected chi connectivity index (χ2v) is 3.64. The lowest BCUT2D eigenvalue weighted by molar-refractivity contribution is 0.312. The monoisotopic (exact) mass is 216 g/mol. The van der Waals surface area contributed by atoms with Crippen LogP contribution >= 0.6 is 0 Å². The molecule has 0 aliphatic rings. The highest BCUT2D eigenvalue weighted by Gasteiger charge is 1.92. The van der Waals surface area contributed by atoms with Crippen LogP contribution in [0.3, 0.4) is 0 Å². The van der Waals surface area contributed by atoms with Crippen LogP contribution in [0.25, 0.3) is 6.08 Å². The van der Waals surface area contributed by atoms with Gasteiger partial charge >= 0.3 is 0 Å². The quantitative estimate of drug-likeness (QED) is 0.483. The summed E-state index contributed by atoms with van der Waals surface area (Å²) in [6.07, 6.45) is 9.52. The van der Waals surface area contributed by atoms with Gasteiger partial charge in [0.2, 0.25) is 0 Å². The molecule has 0 aromatic heterocycles. The van der Waals surface area contributed by atoms with Crippen LogP contribution in [0.1, 0.15) is 31.7 Å². The predicted molar refractivity (Wildman–Crippen MR) is 70.7 cm³/mol. The second kappa shape index (κ2) is 7.75. The summed E-state index contributed by atoms with van der Waals surface area (Å²) in [7, 11) is 0. The molecule has 0 saturated carbocycles. The normalized spacial score (nSPS) is 10.6. The number of rotatable bonds is 7. The van der Waals surface area contributed by atoms with Crippen molar-refractivity contribution in [2.45, 2.75) is 26.2 Å². The third kappa shape index (κ3) is 4.83. The summed E-state index contributed by atoms with van der Waals surface area (Å²) >= 11 is 0. The highest BCUT2D eigenvalue weighted by atomic mass is 16.5. The van der Waals surface area contributed by atoms with Crippen LogP contribution in [-0.2, 0) is 0 Å². The van der Waals surface area contributed by atoms with Crippen molar-refractivity contribution in [2.75, 3.05) is 6.61 Å². The van der Waals surface area contributed by atoms with Crippen molar-refractivity contribution in [1.82, 2.24) is 0 Å². The molecule has 1 heteroatoms. The maximum Gasteiger partial charge on any atom is 0.119 e. The Morgan fingerprint density at radius 2 is 1.94 bits per heavy atom. The van der Waals surface area contributed by atoms with E-state index < -0.39 is 0 Å². The fourth-order valence-corrected chi connectivity index (χ4v) is 1.38. The number of hydrogen-bond donors (Lipinski definition) is 0. The zero-order valence-electron chi connectivity index (χ0n) is 9.99. The molecule has 0 unspecified atom stereocenters. The summed E-state index contributed by atoms with van der Waals surface area (Å²) in [4.78, 5) is 0. The van der Waals surface area contributed by atoms with Gasteiger partial charge in [-0.15, -0.1) is 0 Å². The highest BCUT2D eigenvalue weighted by molar-refractivity contribution is 5.48. The molecule has 16 heavy (non-hydrogen) atoms. The molecule has 0 atom stereocenters. The van der Waals surface area contributed by atoms with Gasteiger partial charge in [-0.1, -0.05) is 43.9 Å². The van der Waals surface area contributed by atoms with E-state index in [4.69, 9.17) is 4.74 Å². The number of unbranched alkanes of at least 4 members (excludes halogenated alkanes) is 1. The summed E-state index contributed by atoms with van der Waals surface area (Å²) in [6.45, 7) is 6.64. The molecule has 0 spiro atoms. The Morgan fingerprint density at radius 1 is 1.19 bits per heavy atom. The summed E-state index contributed by atoms with van der Waals surface area (Å²) in [6, 6.07) is 8.00. The van der Waals surface area contributed by atoms with E-state index in [0.29, 0.717) is 0 Å². The lowest BCUT2D eigenvalue weighted by Crippen LogP contribution is -1.96. The third-order valence-electron chi connectivity index (χ3n) is 2.30. The summed E-state index contributed by atoms with van der Waals surface area (Å²) in [5.74, 6) is 0.935. The van der Waals surface area contributed by atoms with Gasteiger partial charge in [-0.25, -0.2) is 0 Å². The van der Waals surface area contributed by atoms with Gasteiger partial charge < -0.3 is 4.74 Å². The Morgan fingerprint density at radius 3 is 2.56 bits per heavy atom. The van der Waals surface area contributed by atoms with E-state index in [-0.39, 0.29) is 0 Å². The first-order chi connectivity index (χ1) is 7.86. The van der Waals surface area contributed by atoms with Gasteiger partial charge in [0.15, 0.2) is 0 Å². The minimum Gasteiger partial charge on any atom is -0.494 e. The topological polar surface area (TPSA) is 9.23 Å². The summed E-state index contributed by atoms with van der Waals surface area (Å²) in [5, 5.41) is 0. The Hall–Kier alpha value is -1.50. The van der Waals surface area contributed by atoms with Crippen molar-refractivity contribution in [2.24, 2.45) is 0 Å². The highest BCUT2D eigenvalue weighted by Crippen LogP contribution is 2.13. The molecule has 1 nitrogen and oxygen atoms in total. The Kier molecular flexibility index (Phi) is 6.09. The van der Waals surface area contributed by atoms with E-state index in [2.05, 4.69) is 25.7 Å². The van der Waals surface area contributed by atoms with Gasteiger partial charge in [-0.2, -0.15) is 0 Å². The number of ether oxygens (including phenoxy) is 1. The summed E-state index contributed by atoms with van der Waals surface area (Å²) < 4.78 is 5.62. The molecule has 86 valence electrons. The van der Waals surface area contributed by atoms with Crippen LogP contribution in [-0.4, -0.2) is 6.61 Å². The molecule has 0 fully saturated rings. The molecule has 0 aliphatic carbocycles. The standard InChI is InChI=1S/C15H20O/c1-3-5-6-7-8-13-16-15-11-9-14(4-2)10-12-15/h4-6,9-12H,2-3,7-8,13H2,1H3. The van der Waals surface area contributed by atoms with Gasteiger partial charge in [0.25, 0.3) is 0 Å². The molecule has 1 aromatic carbocycles. The lowest BCUT2D eigenvalue weighted by atomic mass is 10.2. The zero-order valence-corrected chi connectivity index (χ0v) is 9.99. The molecule has 0 aliphatic heterocycles. The van der Waals surface area contributed by atoms with Crippen molar-refractivity contribution < 1.29 is 4.74 Å². The molecule has 1 rings (SSSR count). The van der Waals surface area contributed by atoms with Crippen LogP contribution in [0.15, 0.2) is 43.0 Å². The van der Waals surface area contributed by atoms with Crippen molar-refractivity contribution in [1.29, 1.82) is 0 Å². The number of benzene rings is 1. The second-order valence-electron chi connectivity index (χ2n) is 3.64. The first-order valence-electron chi connectivity index (χ1n) is 5.87. The van der Waals surface area contributed by atoms with Crippen LogP contribution in [0, 0.1) is 0 Å². The Bertz CT molecular complexity index is 322. The van der Waals surface area contributed by atoms with E-state index in [1.807, 2.05) is 30.3 Å². The van der Waals surface area contributed by atoms with Crippen LogP contribution in [0.5, 0.6) is 5.75 Å². The number of hydrogen-bond acceptors (Lipinski definition) is 1. The molecule has 0 N–H and O–H groups in total. The fourth-order valence-electron chi connectivity index (χ4n) is 1.38. The minimum atomic E-state index is 0.779. The average Bonchev–Trinajstić information content (AvgIpc) is 2.34. The molecule has 0 bridgehead atoms. The van der Waals surface area contributed by atoms with Crippen molar-refractivity contribution in [3.05, 3.63) is 48.6 Å².